The predicted octanol–water partition coefficient (Wildman–Crippen LogP) is 2.71. The van der Waals surface area contributed by atoms with Crippen molar-refractivity contribution in [3.05, 3.63) is 42.2 Å². The van der Waals surface area contributed by atoms with Crippen LogP contribution in [0.1, 0.15) is 23.2 Å². The van der Waals surface area contributed by atoms with E-state index in [0.29, 0.717) is 6.54 Å². The van der Waals surface area contributed by atoms with Crippen LogP contribution in [-0.4, -0.2) is 34.6 Å². The Kier molecular flexibility index (Phi) is 4.02. The Bertz CT molecular complexity index is 555. The van der Waals surface area contributed by atoms with Crippen molar-refractivity contribution < 1.29 is 19.1 Å². The molecule has 5 nitrogen and oxygen atoms in total. The molecule has 0 saturated heterocycles. The minimum atomic E-state index is -1.42. The standard InChI is InChI=1S/C14H15FN2O3/c1-2-8-17(9-6-7-9)14(20)16-11-5-3-4-10(15)12(11)13(18)19/h2-5,9H,1,6-8H2,(H,16,20)(H,18,19). The number of amides is 2. The molecule has 0 bridgehead atoms. The van der Waals surface area contributed by atoms with E-state index < -0.39 is 23.4 Å². The van der Waals surface area contributed by atoms with E-state index in [2.05, 4.69) is 11.9 Å². The number of hydrogen-bond acceptors (Lipinski definition) is 2. The zero-order valence-electron chi connectivity index (χ0n) is 10.8. The van der Waals surface area contributed by atoms with Gasteiger partial charge >= 0.3 is 12.0 Å². The average molecular weight is 278 g/mol. The number of urea groups is 1. The number of aromatic carboxylic acids is 1. The zero-order chi connectivity index (χ0) is 14.7. The summed E-state index contributed by atoms with van der Waals surface area (Å²) in [7, 11) is 0. The summed E-state index contributed by atoms with van der Waals surface area (Å²) >= 11 is 0. The number of carboxylic acids is 1. The first-order valence-corrected chi connectivity index (χ1v) is 6.25. The molecular formula is C14H15FN2O3. The van der Waals surface area contributed by atoms with Gasteiger partial charge in [0.2, 0.25) is 0 Å². The third kappa shape index (κ3) is 2.96. The molecule has 1 aliphatic rings. The Morgan fingerprint density at radius 1 is 1.50 bits per heavy atom. The van der Waals surface area contributed by atoms with Gasteiger partial charge in [-0.3, -0.25) is 0 Å². The Labute approximate surface area is 115 Å². The van der Waals surface area contributed by atoms with Gasteiger partial charge in [-0.2, -0.15) is 0 Å². The van der Waals surface area contributed by atoms with Crippen molar-refractivity contribution in [3.63, 3.8) is 0 Å². The van der Waals surface area contributed by atoms with E-state index in [1.165, 1.54) is 12.1 Å². The molecule has 1 fully saturated rings. The molecule has 0 spiro atoms. The molecule has 2 amide bonds. The molecule has 20 heavy (non-hydrogen) atoms. The molecule has 0 aliphatic heterocycles. The zero-order valence-corrected chi connectivity index (χ0v) is 10.8. The predicted molar refractivity (Wildman–Crippen MR) is 72.3 cm³/mol. The molecule has 1 aliphatic carbocycles. The summed E-state index contributed by atoms with van der Waals surface area (Å²) in [5.41, 5.74) is -0.576. The molecule has 2 rings (SSSR count). The molecular weight excluding hydrogens is 263 g/mol. The first-order valence-electron chi connectivity index (χ1n) is 6.25. The van der Waals surface area contributed by atoms with Gasteiger partial charge in [-0.1, -0.05) is 12.1 Å². The van der Waals surface area contributed by atoms with Gasteiger partial charge in [0.25, 0.3) is 0 Å². The highest BCUT2D eigenvalue weighted by molar-refractivity contribution is 6.00. The van der Waals surface area contributed by atoms with Crippen LogP contribution in [0, 0.1) is 5.82 Å². The summed E-state index contributed by atoms with van der Waals surface area (Å²) in [6.07, 6.45) is 3.42. The fourth-order valence-corrected chi connectivity index (χ4v) is 1.96. The SMILES string of the molecule is C=CCN(C(=O)Nc1cccc(F)c1C(=O)O)C1CC1. The number of anilines is 1. The maximum Gasteiger partial charge on any atom is 0.340 e. The Morgan fingerprint density at radius 3 is 2.75 bits per heavy atom. The Hall–Kier alpha value is -2.37. The van der Waals surface area contributed by atoms with Crippen molar-refractivity contribution in [2.45, 2.75) is 18.9 Å². The summed E-state index contributed by atoms with van der Waals surface area (Å²) in [6.45, 7) is 3.95. The van der Waals surface area contributed by atoms with Gasteiger partial charge in [-0.25, -0.2) is 14.0 Å². The van der Waals surface area contributed by atoms with Gasteiger partial charge in [-0.05, 0) is 25.0 Å². The molecule has 1 aromatic rings. The van der Waals surface area contributed by atoms with Crippen LogP contribution in [0.3, 0.4) is 0 Å². The van der Waals surface area contributed by atoms with Gasteiger partial charge in [-0.15, -0.1) is 6.58 Å². The molecule has 0 unspecified atom stereocenters. The number of halogens is 1. The molecule has 1 aromatic carbocycles. The van der Waals surface area contributed by atoms with Crippen LogP contribution in [0.2, 0.25) is 0 Å². The molecule has 0 heterocycles. The normalized spacial score (nSPS) is 13.7. The monoisotopic (exact) mass is 278 g/mol. The molecule has 0 radical (unpaired) electrons. The average Bonchev–Trinajstić information content (AvgIpc) is 3.19. The first-order chi connectivity index (χ1) is 9.54. The van der Waals surface area contributed by atoms with E-state index in [1.54, 1.807) is 11.0 Å². The second-order valence-corrected chi connectivity index (χ2v) is 4.57. The second kappa shape index (κ2) is 5.73. The largest absolute Gasteiger partial charge is 0.478 e. The third-order valence-corrected chi connectivity index (χ3v) is 3.04. The molecule has 106 valence electrons. The van der Waals surface area contributed by atoms with E-state index in [4.69, 9.17) is 5.11 Å². The molecule has 0 atom stereocenters. The van der Waals surface area contributed by atoms with Crippen LogP contribution in [0.5, 0.6) is 0 Å². The highest BCUT2D eigenvalue weighted by Crippen LogP contribution is 2.28. The van der Waals surface area contributed by atoms with Gasteiger partial charge < -0.3 is 15.3 Å². The lowest BCUT2D eigenvalue weighted by molar-refractivity contribution is 0.0693. The van der Waals surface area contributed by atoms with E-state index >= 15 is 0 Å². The fraction of sp³-hybridized carbons (Fsp3) is 0.286. The number of nitrogens with zero attached hydrogens (tertiary/aromatic N) is 1. The minimum absolute atomic E-state index is 0.0442. The number of rotatable bonds is 5. The molecule has 1 saturated carbocycles. The topological polar surface area (TPSA) is 69.6 Å². The van der Waals surface area contributed by atoms with E-state index in [0.717, 1.165) is 18.9 Å². The van der Waals surface area contributed by atoms with E-state index in [-0.39, 0.29) is 11.7 Å². The highest BCUT2D eigenvalue weighted by Gasteiger charge is 2.32. The van der Waals surface area contributed by atoms with E-state index in [9.17, 15) is 14.0 Å². The van der Waals surface area contributed by atoms with Crippen LogP contribution < -0.4 is 5.32 Å². The third-order valence-electron chi connectivity index (χ3n) is 3.04. The lowest BCUT2D eigenvalue weighted by Gasteiger charge is -2.21. The summed E-state index contributed by atoms with van der Waals surface area (Å²) in [5.74, 6) is -2.29. The second-order valence-electron chi connectivity index (χ2n) is 4.57. The number of hydrogen-bond donors (Lipinski definition) is 2. The number of nitrogens with one attached hydrogen (secondary N) is 1. The number of carboxylic acid groups (broad SMARTS) is 1. The van der Waals surface area contributed by atoms with Gasteiger partial charge in [0.1, 0.15) is 11.4 Å². The molecule has 2 N–H and O–H groups in total. The summed E-state index contributed by atoms with van der Waals surface area (Å²) < 4.78 is 13.5. The van der Waals surface area contributed by atoms with Gasteiger partial charge in [0, 0.05) is 12.6 Å². The summed E-state index contributed by atoms with van der Waals surface area (Å²) in [6, 6.07) is 3.47. The van der Waals surface area contributed by atoms with Gasteiger partial charge in [0.15, 0.2) is 0 Å². The quantitative estimate of drug-likeness (QED) is 0.814. The van der Waals surface area contributed by atoms with Crippen molar-refractivity contribution in [1.82, 2.24) is 4.90 Å². The molecule has 6 heteroatoms. The van der Waals surface area contributed by atoms with Crippen molar-refractivity contribution in [2.24, 2.45) is 0 Å². The van der Waals surface area contributed by atoms with Crippen LogP contribution in [0.25, 0.3) is 0 Å². The smallest absolute Gasteiger partial charge is 0.340 e. The first kappa shape index (κ1) is 14.0. The number of benzene rings is 1. The molecule has 0 aromatic heterocycles. The van der Waals surface area contributed by atoms with Crippen LogP contribution in [0.4, 0.5) is 14.9 Å². The van der Waals surface area contributed by atoms with Crippen molar-refractivity contribution >= 4 is 17.7 Å². The van der Waals surface area contributed by atoms with Crippen molar-refractivity contribution in [1.29, 1.82) is 0 Å². The number of carbonyl (C=O) groups excluding carboxylic acids is 1. The van der Waals surface area contributed by atoms with Crippen molar-refractivity contribution in [3.8, 4) is 0 Å². The lowest BCUT2D eigenvalue weighted by Crippen LogP contribution is -2.37. The lowest BCUT2D eigenvalue weighted by atomic mass is 10.1. The highest BCUT2D eigenvalue weighted by atomic mass is 19.1. The maximum atomic E-state index is 13.5. The summed E-state index contributed by atoms with van der Waals surface area (Å²) in [5, 5.41) is 11.5. The summed E-state index contributed by atoms with van der Waals surface area (Å²) in [4.78, 5) is 24.7. The van der Waals surface area contributed by atoms with Crippen LogP contribution >= 0.6 is 0 Å². The van der Waals surface area contributed by atoms with Crippen LogP contribution in [0.15, 0.2) is 30.9 Å². The Balaban J connectivity index is 2.20. The van der Waals surface area contributed by atoms with E-state index in [1.807, 2.05) is 0 Å². The fourth-order valence-electron chi connectivity index (χ4n) is 1.96. The Morgan fingerprint density at radius 2 is 2.20 bits per heavy atom. The number of carbonyl (C=O) groups is 2. The maximum absolute atomic E-state index is 13.5. The van der Waals surface area contributed by atoms with Gasteiger partial charge in [0.05, 0.1) is 5.69 Å². The minimum Gasteiger partial charge on any atom is -0.478 e. The van der Waals surface area contributed by atoms with Crippen LogP contribution in [-0.2, 0) is 0 Å². The van der Waals surface area contributed by atoms with Crippen molar-refractivity contribution in [2.75, 3.05) is 11.9 Å².